The van der Waals surface area contributed by atoms with Crippen molar-refractivity contribution >= 4 is 17.4 Å². The number of hydrogen-bond acceptors (Lipinski definition) is 4. The highest BCUT2D eigenvalue weighted by Gasteiger charge is 2.18. The molecular weight excluding hydrogens is 198 g/mol. The molecule has 0 spiro atoms. The Kier molecular flexibility index (Phi) is 2.13. The molecule has 0 heterocycles. The van der Waals surface area contributed by atoms with Gasteiger partial charge in [0.1, 0.15) is 5.69 Å². The van der Waals surface area contributed by atoms with Gasteiger partial charge in [-0.2, -0.15) is 0 Å². The van der Waals surface area contributed by atoms with Gasteiger partial charge in [-0.3, -0.25) is 9.59 Å². The van der Waals surface area contributed by atoms with Crippen LogP contribution in [0.4, 0.5) is 5.69 Å². The SMILES string of the molecule is Nc1c(Sc2ccccc2)c(=O)c1=O. The Morgan fingerprint density at radius 1 is 1.00 bits per heavy atom. The summed E-state index contributed by atoms with van der Waals surface area (Å²) < 4.78 is 0. The van der Waals surface area contributed by atoms with Gasteiger partial charge in [-0.05, 0) is 12.1 Å². The second kappa shape index (κ2) is 3.31. The summed E-state index contributed by atoms with van der Waals surface area (Å²) in [5, 5.41) is 0. The van der Waals surface area contributed by atoms with Gasteiger partial charge in [-0.1, -0.05) is 30.0 Å². The third-order valence-electron chi connectivity index (χ3n) is 1.86. The molecule has 0 aliphatic carbocycles. The molecule has 2 N–H and O–H groups in total. The molecule has 0 saturated heterocycles. The molecule has 0 radical (unpaired) electrons. The molecule has 0 aliphatic rings. The Morgan fingerprint density at radius 2 is 1.64 bits per heavy atom. The van der Waals surface area contributed by atoms with Crippen LogP contribution in [-0.2, 0) is 0 Å². The Bertz CT molecular complexity index is 526. The van der Waals surface area contributed by atoms with E-state index in [1.807, 2.05) is 30.3 Å². The van der Waals surface area contributed by atoms with Crippen LogP contribution in [0.1, 0.15) is 0 Å². The average molecular weight is 205 g/mol. The van der Waals surface area contributed by atoms with Crippen LogP contribution in [0.25, 0.3) is 0 Å². The van der Waals surface area contributed by atoms with Gasteiger partial charge in [0.05, 0.1) is 4.90 Å². The molecule has 2 rings (SSSR count). The standard InChI is InChI=1S/C10H7NO2S/c11-7-8(12)9(13)10(7)14-6-4-2-1-3-5-6/h1-5H,11H2. The van der Waals surface area contributed by atoms with E-state index < -0.39 is 10.9 Å². The highest BCUT2D eigenvalue weighted by Crippen LogP contribution is 2.28. The van der Waals surface area contributed by atoms with Crippen molar-refractivity contribution in [3.8, 4) is 0 Å². The number of anilines is 1. The van der Waals surface area contributed by atoms with Crippen LogP contribution >= 0.6 is 11.8 Å². The fourth-order valence-corrected chi connectivity index (χ4v) is 2.01. The van der Waals surface area contributed by atoms with E-state index in [1.54, 1.807) is 0 Å². The van der Waals surface area contributed by atoms with Gasteiger partial charge >= 0.3 is 0 Å². The normalized spacial score (nSPS) is 10.6. The molecule has 0 bridgehead atoms. The van der Waals surface area contributed by atoms with Gasteiger partial charge in [0, 0.05) is 4.90 Å². The molecule has 2 aromatic carbocycles. The fourth-order valence-electron chi connectivity index (χ4n) is 1.10. The summed E-state index contributed by atoms with van der Waals surface area (Å²) in [5.41, 5.74) is 4.44. The summed E-state index contributed by atoms with van der Waals surface area (Å²) >= 11 is 1.23. The maximum atomic E-state index is 11.1. The molecule has 0 fully saturated rings. The molecule has 4 heteroatoms. The van der Waals surface area contributed by atoms with Crippen molar-refractivity contribution in [3.63, 3.8) is 0 Å². The summed E-state index contributed by atoms with van der Waals surface area (Å²) in [6.07, 6.45) is 0. The maximum Gasteiger partial charge on any atom is 0.251 e. The van der Waals surface area contributed by atoms with E-state index in [0.717, 1.165) is 4.90 Å². The highest BCUT2D eigenvalue weighted by molar-refractivity contribution is 7.99. The summed E-state index contributed by atoms with van der Waals surface area (Å²) in [6, 6.07) is 9.34. The lowest BCUT2D eigenvalue weighted by Gasteiger charge is -2.05. The van der Waals surface area contributed by atoms with E-state index in [2.05, 4.69) is 0 Å². The topological polar surface area (TPSA) is 60.2 Å². The third-order valence-corrected chi connectivity index (χ3v) is 2.98. The first-order chi connectivity index (χ1) is 6.70. The molecule has 0 saturated carbocycles. The van der Waals surface area contributed by atoms with Crippen LogP contribution < -0.4 is 16.6 Å². The number of hydrogen-bond donors (Lipinski definition) is 1. The lowest BCUT2D eigenvalue weighted by atomic mass is 10.3. The van der Waals surface area contributed by atoms with E-state index in [0.29, 0.717) is 4.90 Å². The quantitative estimate of drug-likeness (QED) is 0.743. The molecule has 3 nitrogen and oxygen atoms in total. The van der Waals surface area contributed by atoms with Crippen LogP contribution in [0.3, 0.4) is 0 Å². The van der Waals surface area contributed by atoms with Crippen molar-refractivity contribution in [2.45, 2.75) is 9.79 Å². The van der Waals surface area contributed by atoms with E-state index in [4.69, 9.17) is 5.73 Å². The van der Waals surface area contributed by atoms with Gasteiger partial charge in [-0.25, -0.2) is 0 Å². The Hall–Kier alpha value is -1.55. The second-order valence-electron chi connectivity index (χ2n) is 2.82. The molecule has 0 unspecified atom stereocenters. The smallest absolute Gasteiger partial charge is 0.251 e. The predicted octanol–water partition coefficient (Wildman–Crippen LogP) is 1.02. The highest BCUT2D eigenvalue weighted by atomic mass is 32.2. The Morgan fingerprint density at radius 3 is 2.21 bits per heavy atom. The zero-order chi connectivity index (χ0) is 10.1. The maximum absolute atomic E-state index is 11.1. The first-order valence-corrected chi connectivity index (χ1v) is 4.83. The zero-order valence-electron chi connectivity index (χ0n) is 7.19. The molecule has 0 amide bonds. The van der Waals surface area contributed by atoms with Crippen molar-refractivity contribution in [3.05, 3.63) is 50.8 Å². The second-order valence-corrected chi connectivity index (χ2v) is 3.90. The van der Waals surface area contributed by atoms with E-state index >= 15 is 0 Å². The van der Waals surface area contributed by atoms with Crippen molar-refractivity contribution in [1.29, 1.82) is 0 Å². The van der Waals surface area contributed by atoms with Crippen LogP contribution in [0.15, 0.2) is 49.7 Å². The molecule has 70 valence electrons. The monoisotopic (exact) mass is 205 g/mol. The lowest BCUT2D eigenvalue weighted by molar-refractivity contribution is 1.23. The predicted molar refractivity (Wildman–Crippen MR) is 56.3 cm³/mol. The Labute approximate surface area is 84.3 Å². The van der Waals surface area contributed by atoms with Gasteiger partial charge in [-0.15, -0.1) is 0 Å². The van der Waals surface area contributed by atoms with E-state index in [-0.39, 0.29) is 5.69 Å². The van der Waals surface area contributed by atoms with E-state index in [1.165, 1.54) is 11.8 Å². The van der Waals surface area contributed by atoms with Crippen LogP contribution in [0, 0.1) is 0 Å². The zero-order valence-corrected chi connectivity index (χ0v) is 8.01. The lowest BCUT2D eigenvalue weighted by Crippen LogP contribution is -2.35. The number of nitrogen functional groups attached to an aromatic ring is 1. The van der Waals surface area contributed by atoms with Crippen molar-refractivity contribution < 1.29 is 0 Å². The Balaban J connectivity index is 2.30. The van der Waals surface area contributed by atoms with Crippen LogP contribution in [0.5, 0.6) is 0 Å². The summed E-state index contributed by atoms with van der Waals surface area (Å²) in [4.78, 5) is 23.2. The van der Waals surface area contributed by atoms with Crippen molar-refractivity contribution in [2.75, 3.05) is 5.73 Å². The number of benzene rings is 1. The minimum atomic E-state index is -0.566. The molecule has 0 aliphatic heterocycles. The molecule has 0 atom stereocenters. The summed E-state index contributed by atoms with van der Waals surface area (Å²) in [7, 11) is 0. The molecule has 2 aromatic rings. The van der Waals surface area contributed by atoms with Crippen LogP contribution in [0.2, 0.25) is 0 Å². The third kappa shape index (κ3) is 1.33. The number of rotatable bonds is 2. The van der Waals surface area contributed by atoms with Gasteiger partial charge in [0.2, 0.25) is 5.43 Å². The average Bonchev–Trinajstić information content (AvgIpc) is 2.26. The minimum absolute atomic E-state index is 0.0869. The molecule has 0 aromatic heterocycles. The van der Waals surface area contributed by atoms with E-state index in [9.17, 15) is 9.59 Å². The van der Waals surface area contributed by atoms with Crippen LogP contribution in [-0.4, -0.2) is 0 Å². The summed E-state index contributed by atoms with van der Waals surface area (Å²) in [5.74, 6) is 0. The molecular formula is C10H7NO2S. The van der Waals surface area contributed by atoms with Crippen molar-refractivity contribution in [1.82, 2.24) is 0 Å². The fraction of sp³-hybridized carbons (Fsp3) is 0. The minimum Gasteiger partial charge on any atom is -0.394 e. The van der Waals surface area contributed by atoms with Crippen molar-refractivity contribution in [2.24, 2.45) is 0 Å². The molecule has 14 heavy (non-hydrogen) atoms. The van der Waals surface area contributed by atoms with Gasteiger partial charge in [0.15, 0.2) is 0 Å². The first-order valence-electron chi connectivity index (χ1n) is 4.02. The first kappa shape index (κ1) is 9.02. The van der Waals surface area contributed by atoms with Gasteiger partial charge < -0.3 is 5.73 Å². The largest absolute Gasteiger partial charge is 0.394 e. The number of nitrogens with two attached hydrogens (primary N) is 1. The summed E-state index contributed by atoms with van der Waals surface area (Å²) in [6.45, 7) is 0. The van der Waals surface area contributed by atoms with Gasteiger partial charge in [0.25, 0.3) is 5.43 Å².